The molecule has 1 heterocycles. The van der Waals surface area contributed by atoms with E-state index in [1.807, 2.05) is 13.0 Å². The third kappa shape index (κ3) is 2.93. The predicted octanol–water partition coefficient (Wildman–Crippen LogP) is 2.51. The number of amides is 1. The smallest absolute Gasteiger partial charge is 0.278 e. The average molecular weight is 339 g/mol. The van der Waals surface area contributed by atoms with E-state index in [0.717, 1.165) is 4.47 Å². The highest BCUT2D eigenvalue weighted by Gasteiger charge is 2.16. The first-order valence-electron chi connectivity index (χ1n) is 6.03. The van der Waals surface area contributed by atoms with Gasteiger partial charge in [-0.2, -0.15) is 5.10 Å². The molecule has 1 aromatic heterocycles. The Balaban J connectivity index is 2.27. The molecular formula is C13H15BrN4O2. The number of nitrogens with two attached hydrogens (primary N) is 1. The number of carbonyl (C=O) groups is 1. The first-order valence-corrected chi connectivity index (χ1v) is 6.82. The molecule has 0 aliphatic carbocycles. The summed E-state index contributed by atoms with van der Waals surface area (Å²) in [5.74, 6) is 0.196. The van der Waals surface area contributed by atoms with Gasteiger partial charge in [-0.25, -0.2) is 0 Å². The van der Waals surface area contributed by atoms with Crippen LogP contribution in [0.1, 0.15) is 17.4 Å². The van der Waals surface area contributed by atoms with Crippen molar-refractivity contribution in [2.75, 3.05) is 18.2 Å². The summed E-state index contributed by atoms with van der Waals surface area (Å²) in [5.41, 5.74) is 6.89. The highest BCUT2D eigenvalue weighted by Crippen LogP contribution is 2.28. The summed E-state index contributed by atoms with van der Waals surface area (Å²) in [6, 6.07) is 5.34. The lowest BCUT2D eigenvalue weighted by atomic mass is 10.2. The van der Waals surface area contributed by atoms with Crippen LogP contribution >= 0.6 is 15.9 Å². The lowest BCUT2D eigenvalue weighted by Crippen LogP contribution is -2.15. The number of benzene rings is 1. The minimum atomic E-state index is -0.369. The number of aryl methyl sites for hydroxylation is 1. The van der Waals surface area contributed by atoms with Gasteiger partial charge in [-0.15, -0.1) is 0 Å². The molecule has 1 aromatic carbocycles. The Hall–Kier alpha value is -2.02. The van der Waals surface area contributed by atoms with Gasteiger partial charge in [0.25, 0.3) is 5.91 Å². The standard InChI is InChI=1S/C13H15BrN4O2/c1-3-18-7-9(15)12(17-18)13(19)16-10-6-8(14)4-5-11(10)20-2/h4-7H,3,15H2,1-2H3,(H,16,19). The molecule has 3 N–H and O–H groups in total. The summed E-state index contributed by atoms with van der Waals surface area (Å²) in [5, 5.41) is 6.88. The molecule has 2 aromatic rings. The van der Waals surface area contributed by atoms with Gasteiger partial charge < -0.3 is 15.8 Å². The number of nitrogen functional groups attached to an aromatic ring is 1. The molecule has 0 radical (unpaired) electrons. The normalized spacial score (nSPS) is 10.3. The van der Waals surface area contributed by atoms with Gasteiger partial charge in [0.1, 0.15) is 5.75 Å². The molecule has 0 unspecified atom stereocenters. The van der Waals surface area contributed by atoms with Gasteiger partial charge in [-0.1, -0.05) is 15.9 Å². The highest BCUT2D eigenvalue weighted by atomic mass is 79.9. The summed E-state index contributed by atoms with van der Waals surface area (Å²) < 4.78 is 7.65. The number of methoxy groups -OCH3 is 1. The van der Waals surface area contributed by atoms with Crippen molar-refractivity contribution in [3.05, 3.63) is 34.6 Å². The van der Waals surface area contributed by atoms with Gasteiger partial charge in [-0.05, 0) is 25.1 Å². The quantitative estimate of drug-likeness (QED) is 0.897. The Morgan fingerprint density at radius 3 is 2.90 bits per heavy atom. The van der Waals surface area contributed by atoms with Crippen molar-refractivity contribution in [2.45, 2.75) is 13.5 Å². The van der Waals surface area contributed by atoms with Crippen molar-refractivity contribution >= 4 is 33.2 Å². The Morgan fingerprint density at radius 1 is 1.55 bits per heavy atom. The Kier molecular flexibility index (Phi) is 4.29. The molecule has 0 saturated carbocycles. The minimum absolute atomic E-state index is 0.203. The monoisotopic (exact) mass is 338 g/mol. The van der Waals surface area contributed by atoms with Gasteiger partial charge in [0.2, 0.25) is 0 Å². The second-order valence-electron chi connectivity index (χ2n) is 4.09. The average Bonchev–Trinajstić information content (AvgIpc) is 2.80. The maximum Gasteiger partial charge on any atom is 0.278 e. The van der Waals surface area contributed by atoms with E-state index < -0.39 is 0 Å². The van der Waals surface area contributed by atoms with Gasteiger partial charge in [0.15, 0.2) is 5.69 Å². The number of anilines is 2. The fourth-order valence-corrected chi connectivity index (χ4v) is 2.10. The highest BCUT2D eigenvalue weighted by molar-refractivity contribution is 9.10. The van der Waals surface area contributed by atoms with E-state index in [9.17, 15) is 4.79 Å². The largest absolute Gasteiger partial charge is 0.495 e. The number of hydrogen-bond acceptors (Lipinski definition) is 4. The molecular weight excluding hydrogens is 324 g/mol. The minimum Gasteiger partial charge on any atom is -0.495 e. The first-order chi connectivity index (χ1) is 9.55. The van der Waals surface area contributed by atoms with Gasteiger partial charge in [0, 0.05) is 17.2 Å². The van der Waals surface area contributed by atoms with E-state index in [1.54, 1.807) is 30.1 Å². The van der Waals surface area contributed by atoms with Crippen molar-refractivity contribution < 1.29 is 9.53 Å². The number of carbonyl (C=O) groups excluding carboxylic acids is 1. The van der Waals surface area contributed by atoms with Crippen LogP contribution in [-0.2, 0) is 6.54 Å². The molecule has 0 saturated heterocycles. The molecule has 0 aliphatic rings. The number of hydrogen-bond donors (Lipinski definition) is 2. The van der Waals surface area contributed by atoms with Gasteiger partial charge in [0.05, 0.1) is 18.5 Å². The molecule has 6 nitrogen and oxygen atoms in total. The van der Waals surface area contributed by atoms with E-state index in [1.165, 1.54) is 0 Å². The topological polar surface area (TPSA) is 82.2 Å². The van der Waals surface area contributed by atoms with Crippen molar-refractivity contribution in [3.63, 3.8) is 0 Å². The number of nitrogens with one attached hydrogen (secondary N) is 1. The molecule has 0 aliphatic heterocycles. The first kappa shape index (κ1) is 14.4. The maximum absolute atomic E-state index is 12.2. The Bertz CT molecular complexity index is 639. The molecule has 2 rings (SSSR count). The molecule has 1 amide bonds. The molecule has 0 atom stereocenters. The fourth-order valence-electron chi connectivity index (χ4n) is 1.73. The maximum atomic E-state index is 12.2. The van der Waals surface area contributed by atoms with Crippen LogP contribution in [0.3, 0.4) is 0 Å². The number of nitrogens with zero attached hydrogens (tertiary/aromatic N) is 2. The molecule has 106 valence electrons. The van der Waals surface area contributed by atoms with E-state index in [-0.39, 0.29) is 11.6 Å². The lowest BCUT2D eigenvalue weighted by molar-refractivity contribution is 0.102. The van der Waals surface area contributed by atoms with Crippen LogP contribution in [0.4, 0.5) is 11.4 Å². The Labute approximate surface area is 125 Å². The number of rotatable bonds is 4. The molecule has 20 heavy (non-hydrogen) atoms. The summed E-state index contributed by atoms with van der Waals surface area (Å²) in [4.78, 5) is 12.2. The van der Waals surface area contributed by atoms with Crippen molar-refractivity contribution in [2.24, 2.45) is 0 Å². The zero-order valence-electron chi connectivity index (χ0n) is 11.2. The molecule has 7 heteroatoms. The third-order valence-corrected chi connectivity index (χ3v) is 3.23. The van der Waals surface area contributed by atoms with Crippen LogP contribution in [0, 0.1) is 0 Å². The zero-order valence-corrected chi connectivity index (χ0v) is 12.8. The van der Waals surface area contributed by atoms with E-state index in [0.29, 0.717) is 23.7 Å². The van der Waals surface area contributed by atoms with Crippen LogP contribution in [0.2, 0.25) is 0 Å². The van der Waals surface area contributed by atoms with Gasteiger partial charge in [-0.3, -0.25) is 9.48 Å². The molecule has 0 spiro atoms. The number of ether oxygens (including phenoxy) is 1. The predicted molar refractivity (Wildman–Crippen MR) is 81.0 cm³/mol. The summed E-state index contributed by atoms with van der Waals surface area (Å²) in [7, 11) is 1.54. The Morgan fingerprint density at radius 2 is 2.30 bits per heavy atom. The van der Waals surface area contributed by atoms with Crippen molar-refractivity contribution in [1.82, 2.24) is 9.78 Å². The van der Waals surface area contributed by atoms with Crippen molar-refractivity contribution in [3.8, 4) is 5.75 Å². The second kappa shape index (κ2) is 5.96. The second-order valence-corrected chi connectivity index (χ2v) is 5.00. The number of aromatic nitrogens is 2. The van der Waals surface area contributed by atoms with Crippen LogP contribution in [-0.4, -0.2) is 22.8 Å². The van der Waals surface area contributed by atoms with Crippen LogP contribution in [0.25, 0.3) is 0 Å². The molecule has 0 fully saturated rings. The van der Waals surface area contributed by atoms with Crippen LogP contribution < -0.4 is 15.8 Å². The fraction of sp³-hybridized carbons (Fsp3) is 0.231. The summed E-state index contributed by atoms with van der Waals surface area (Å²) in [6.07, 6.45) is 1.63. The summed E-state index contributed by atoms with van der Waals surface area (Å²) >= 11 is 3.35. The summed E-state index contributed by atoms with van der Waals surface area (Å²) in [6.45, 7) is 2.57. The van der Waals surface area contributed by atoms with Crippen molar-refractivity contribution in [1.29, 1.82) is 0 Å². The number of halogens is 1. The SMILES string of the molecule is CCn1cc(N)c(C(=O)Nc2cc(Br)ccc2OC)n1. The van der Waals surface area contributed by atoms with Gasteiger partial charge >= 0.3 is 0 Å². The lowest BCUT2D eigenvalue weighted by Gasteiger charge is -2.09. The van der Waals surface area contributed by atoms with E-state index in [4.69, 9.17) is 10.5 Å². The van der Waals surface area contributed by atoms with Crippen LogP contribution in [0.15, 0.2) is 28.9 Å². The van der Waals surface area contributed by atoms with Crippen LogP contribution in [0.5, 0.6) is 5.75 Å². The van der Waals surface area contributed by atoms with E-state index >= 15 is 0 Å². The zero-order chi connectivity index (χ0) is 14.7. The third-order valence-electron chi connectivity index (χ3n) is 2.74. The molecule has 0 bridgehead atoms. The van der Waals surface area contributed by atoms with E-state index in [2.05, 4.69) is 26.3 Å².